The van der Waals surface area contributed by atoms with E-state index in [1.54, 1.807) is 6.33 Å². The number of unbranched alkanes of at least 4 members (excludes halogenated alkanes) is 3. The SMILES string of the molecule is CCCCCCn1cnc2ccccc21.c1ccc2[nH]cnc2c1. The van der Waals surface area contributed by atoms with Gasteiger partial charge in [-0.05, 0) is 30.7 Å². The van der Waals surface area contributed by atoms with E-state index in [0.29, 0.717) is 0 Å². The Morgan fingerprint density at radius 1 is 0.875 bits per heavy atom. The van der Waals surface area contributed by atoms with Crippen molar-refractivity contribution in [3.05, 3.63) is 61.2 Å². The number of H-pyrrole nitrogens is 1. The van der Waals surface area contributed by atoms with Gasteiger partial charge in [0.05, 0.1) is 34.7 Å². The molecule has 0 aliphatic rings. The molecule has 0 aliphatic carbocycles. The highest BCUT2D eigenvalue weighted by Crippen LogP contribution is 2.13. The van der Waals surface area contributed by atoms with Crippen molar-refractivity contribution in [2.45, 2.75) is 39.2 Å². The van der Waals surface area contributed by atoms with Gasteiger partial charge in [0.2, 0.25) is 0 Å². The van der Waals surface area contributed by atoms with E-state index in [9.17, 15) is 0 Å². The molecule has 0 atom stereocenters. The molecule has 0 bridgehead atoms. The Morgan fingerprint density at radius 3 is 2.50 bits per heavy atom. The van der Waals surface area contributed by atoms with Gasteiger partial charge in [0.25, 0.3) is 0 Å². The van der Waals surface area contributed by atoms with Gasteiger partial charge in [-0.3, -0.25) is 0 Å². The van der Waals surface area contributed by atoms with Crippen LogP contribution in [0.1, 0.15) is 32.6 Å². The highest BCUT2D eigenvalue weighted by molar-refractivity contribution is 5.75. The summed E-state index contributed by atoms with van der Waals surface area (Å²) in [5.74, 6) is 0. The van der Waals surface area contributed by atoms with Crippen LogP contribution < -0.4 is 0 Å². The maximum absolute atomic E-state index is 4.38. The van der Waals surface area contributed by atoms with Crippen LogP contribution >= 0.6 is 0 Å². The first-order chi connectivity index (χ1) is 11.9. The fourth-order valence-corrected chi connectivity index (χ4v) is 2.78. The van der Waals surface area contributed by atoms with Crippen LogP contribution in [-0.2, 0) is 6.54 Å². The van der Waals surface area contributed by atoms with Gasteiger partial charge in [-0.25, -0.2) is 9.97 Å². The van der Waals surface area contributed by atoms with Crippen LogP contribution in [0.2, 0.25) is 0 Å². The Morgan fingerprint density at radius 2 is 1.67 bits per heavy atom. The maximum Gasteiger partial charge on any atom is 0.0958 e. The van der Waals surface area contributed by atoms with Gasteiger partial charge in [-0.2, -0.15) is 0 Å². The number of aromatic amines is 1. The van der Waals surface area contributed by atoms with Gasteiger partial charge < -0.3 is 9.55 Å². The molecular formula is C20H24N4. The fraction of sp³-hybridized carbons (Fsp3) is 0.300. The topological polar surface area (TPSA) is 46.5 Å². The second-order valence-corrected chi connectivity index (χ2v) is 5.91. The fourth-order valence-electron chi connectivity index (χ4n) is 2.78. The number of hydrogen-bond donors (Lipinski definition) is 1. The van der Waals surface area contributed by atoms with Crippen LogP contribution in [0.15, 0.2) is 61.2 Å². The summed E-state index contributed by atoms with van der Waals surface area (Å²) in [5, 5.41) is 0. The van der Waals surface area contributed by atoms with Gasteiger partial charge in [0.1, 0.15) is 0 Å². The molecule has 0 spiro atoms. The van der Waals surface area contributed by atoms with E-state index < -0.39 is 0 Å². The lowest BCUT2D eigenvalue weighted by molar-refractivity contribution is 0.591. The molecule has 2 aromatic heterocycles. The first kappa shape index (κ1) is 16.2. The van der Waals surface area contributed by atoms with Crippen molar-refractivity contribution in [3.63, 3.8) is 0 Å². The number of fused-ring (bicyclic) bond motifs is 2. The smallest absolute Gasteiger partial charge is 0.0958 e. The van der Waals surface area contributed by atoms with Crippen molar-refractivity contribution >= 4 is 22.1 Å². The molecule has 0 amide bonds. The molecule has 0 radical (unpaired) electrons. The first-order valence-electron chi connectivity index (χ1n) is 8.66. The van der Waals surface area contributed by atoms with Crippen LogP contribution in [0.4, 0.5) is 0 Å². The summed E-state index contributed by atoms with van der Waals surface area (Å²) in [5.41, 5.74) is 4.48. The lowest BCUT2D eigenvalue weighted by Crippen LogP contribution is -1.95. The van der Waals surface area contributed by atoms with Gasteiger partial charge in [0.15, 0.2) is 0 Å². The Labute approximate surface area is 142 Å². The first-order valence-corrected chi connectivity index (χ1v) is 8.66. The van der Waals surface area contributed by atoms with E-state index in [2.05, 4.69) is 44.6 Å². The quantitative estimate of drug-likeness (QED) is 0.515. The molecule has 0 fully saturated rings. The number of rotatable bonds is 5. The molecule has 4 aromatic rings. The number of hydrogen-bond acceptors (Lipinski definition) is 2. The molecule has 0 unspecified atom stereocenters. The lowest BCUT2D eigenvalue weighted by atomic mass is 10.2. The maximum atomic E-state index is 4.38. The summed E-state index contributed by atoms with van der Waals surface area (Å²) >= 11 is 0. The van der Waals surface area contributed by atoms with Crippen LogP contribution in [-0.4, -0.2) is 19.5 Å². The average Bonchev–Trinajstić information content (AvgIpc) is 3.26. The summed E-state index contributed by atoms with van der Waals surface area (Å²) < 4.78 is 2.25. The normalized spacial score (nSPS) is 10.7. The molecule has 2 heterocycles. The number of aromatic nitrogens is 4. The molecule has 4 heteroatoms. The van der Waals surface area contributed by atoms with Crippen LogP contribution in [0.3, 0.4) is 0 Å². The third-order valence-electron chi connectivity index (χ3n) is 4.11. The molecule has 4 nitrogen and oxygen atoms in total. The van der Waals surface area contributed by atoms with Crippen molar-refractivity contribution in [2.75, 3.05) is 0 Å². The molecule has 0 saturated carbocycles. The van der Waals surface area contributed by atoms with E-state index in [-0.39, 0.29) is 0 Å². The van der Waals surface area contributed by atoms with Crippen molar-refractivity contribution in [3.8, 4) is 0 Å². The minimum atomic E-state index is 1.03. The van der Waals surface area contributed by atoms with Crippen LogP contribution in [0.25, 0.3) is 22.1 Å². The number of benzene rings is 2. The van der Waals surface area contributed by atoms with E-state index in [1.165, 1.54) is 31.2 Å². The van der Waals surface area contributed by atoms with E-state index in [1.807, 2.05) is 36.7 Å². The van der Waals surface area contributed by atoms with Gasteiger partial charge in [-0.1, -0.05) is 50.5 Å². The zero-order valence-electron chi connectivity index (χ0n) is 14.2. The molecule has 2 aromatic carbocycles. The van der Waals surface area contributed by atoms with E-state index in [4.69, 9.17) is 0 Å². The summed E-state index contributed by atoms with van der Waals surface area (Å²) in [4.78, 5) is 11.5. The van der Waals surface area contributed by atoms with Gasteiger partial charge in [-0.15, -0.1) is 0 Å². The number of nitrogens with zero attached hydrogens (tertiary/aromatic N) is 3. The van der Waals surface area contributed by atoms with E-state index in [0.717, 1.165) is 23.1 Å². The highest BCUT2D eigenvalue weighted by atomic mass is 15.0. The Balaban J connectivity index is 0.000000159. The second-order valence-electron chi connectivity index (χ2n) is 5.91. The third kappa shape index (κ3) is 4.02. The van der Waals surface area contributed by atoms with Crippen LogP contribution in [0, 0.1) is 0 Å². The molecule has 1 N–H and O–H groups in total. The highest BCUT2D eigenvalue weighted by Gasteiger charge is 1.99. The Kier molecular flexibility index (Phi) is 5.61. The number of imidazole rings is 2. The Bertz CT molecular complexity index is 845. The summed E-state index contributed by atoms with van der Waals surface area (Å²) in [6.45, 7) is 3.34. The lowest BCUT2D eigenvalue weighted by Gasteiger charge is -2.03. The van der Waals surface area contributed by atoms with Gasteiger partial charge in [0, 0.05) is 6.54 Å². The predicted molar refractivity (Wildman–Crippen MR) is 100.0 cm³/mol. The van der Waals surface area contributed by atoms with Crippen molar-refractivity contribution in [2.24, 2.45) is 0 Å². The minimum Gasteiger partial charge on any atom is -0.345 e. The Hall–Kier alpha value is -2.62. The zero-order chi connectivity index (χ0) is 16.6. The standard InChI is InChI=1S/C13H18N2.C7H6N2/c1-2-3-4-7-10-15-11-14-12-8-5-6-9-13(12)15;1-2-4-7-6(3-1)8-5-9-7/h5-6,8-9,11H,2-4,7,10H2,1H3;1-5H,(H,8,9). The molecule has 24 heavy (non-hydrogen) atoms. The number of para-hydroxylation sites is 4. The predicted octanol–water partition coefficient (Wildman–Crippen LogP) is 5.18. The summed E-state index contributed by atoms with van der Waals surface area (Å²) in [6, 6.07) is 16.3. The second kappa shape index (κ2) is 8.29. The largest absolute Gasteiger partial charge is 0.345 e. The van der Waals surface area contributed by atoms with Gasteiger partial charge >= 0.3 is 0 Å². The van der Waals surface area contributed by atoms with E-state index >= 15 is 0 Å². The molecule has 4 rings (SSSR count). The minimum absolute atomic E-state index is 1.03. The zero-order valence-corrected chi connectivity index (χ0v) is 14.2. The molecule has 0 saturated heterocycles. The summed E-state index contributed by atoms with van der Waals surface area (Å²) in [7, 11) is 0. The number of aryl methyl sites for hydroxylation is 1. The van der Waals surface area contributed by atoms with Crippen LogP contribution in [0.5, 0.6) is 0 Å². The molecule has 0 aliphatic heterocycles. The third-order valence-corrected chi connectivity index (χ3v) is 4.11. The average molecular weight is 320 g/mol. The molecular weight excluding hydrogens is 296 g/mol. The monoisotopic (exact) mass is 320 g/mol. The van der Waals surface area contributed by atoms with Crippen molar-refractivity contribution in [1.29, 1.82) is 0 Å². The summed E-state index contributed by atoms with van der Waals surface area (Å²) in [6.07, 6.45) is 8.87. The number of nitrogens with one attached hydrogen (secondary N) is 1. The van der Waals surface area contributed by atoms with Crippen molar-refractivity contribution < 1.29 is 0 Å². The van der Waals surface area contributed by atoms with Crippen molar-refractivity contribution in [1.82, 2.24) is 19.5 Å². The molecule has 124 valence electrons.